The first-order chi connectivity index (χ1) is 14.8. The quantitative estimate of drug-likeness (QED) is 0.450. The highest BCUT2D eigenvalue weighted by Gasteiger charge is 2.17. The van der Waals surface area contributed by atoms with Gasteiger partial charge in [0.2, 0.25) is 6.79 Å². The van der Waals surface area contributed by atoms with Crippen LogP contribution in [0.2, 0.25) is 0 Å². The first kappa shape index (κ1) is 16.8. The highest BCUT2D eigenvalue weighted by Crippen LogP contribution is 2.37. The van der Waals surface area contributed by atoms with Gasteiger partial charge in [-0.15, -0.1) is 0 Å². The number of hydrogen-bond acceptors (Lipinski definition) is 6. The standard InChI is InChI=1S/C23H17N5O2/c1-27(16-7-8-19-20(12-16)30-14-29-19)21-9-11-28-23(26-21)18(13-25-28)17-6-2-4-15-5-3-10-24-22(15)17/h2-13H,14H2,1H3. The molecule has 6 rings (SSSR count). The summed E-state index contributed by atoms with van der Waals surface area (Å²) in [6.07, 6.45) is 5.57. The van der Waals surface area contributed by atoms with E-state index in [0.29, 0.717) is 0 Å². The first-order valence-corrected chi connectivity index (χ1v) is 9.60. The van der Waals surface area contributed by atoms with Crippen molar-refractivity contribution in [3.8, 4) is 22.6 Å². The van der Waals surface area contributed by atoms with E-state index in [1.54, 1.807) is 4.52 Å². The summed E-state index contributed by atoms with van der Waals surface area (Å²) < 4.78 is 12.7. The number of rotatable bonds is 3. The van der Waals surface area contributed by atoms with Crippen LogP contribution in [0.4, 0.5) is 11.5 Å². The van der Waals surface area contributed by atoms with E-state index in [0.717, 1.165) is 50.7 Å². The maximum atomic E-state index is 5.51. The summed E-state index contributed by atoms with van der Waals surface area (Å²) in [4.78, 5) is 11.5. The summed E-state index contributed by atoms with van der Waals surface area (Å²) in [5.41, 5.74) is 4.63. The van der Waals surface area contributed by atoms with E-state index in [2.05, 4.69) is 28.3 Å². The Morgan fingerprint density at radius 3 is 2.83 bits per heavy atom. The summed E-state index contributed by atoms with van der Waals surface area (Å²) in [5.74, 6) is 2.31. The second-order valence-electron chi connectivity index (χ2n) is 7.09. The lowest BCUT2D eigenvalue weighted by Crippen LogP contribution is -2.11. The number of hydrogen-bond donors (Lipinski definition) is 0. The second-order valence-corrected chi connectivity index (χ2v) is 7.09. The number of pyridine rings is 1. The monoisotopic (exact) mass is 395 g/mol. The topological polar surface area (TPSA) is 64.8 Å². The molecule has 0 saturated heterocycles. The van der Waals surface area contributed by atoms with E-state index in [-0.39, 0.29) is 6.79 Å². The van der Waals surface area contributed by atoms with E-state index in [1.165, 1.54) is 0 Å². The van der Waals surface area contributed by atoms with Crippen LogP contribution in [-0.4, -0.2) is 33.4 Å². The molecule has 5 aromatic rings. The molecule has 3 aromatic heterocycles. The molecule has 4 heterocycles. The number of aromatic nitrogens is 4. The van der Waals surface area contributed by atoms with E-state index in [1.807, 2.05) is 66.9 Å². The third-order valence-corrected chi connectivity index (χ3v) is 5.36. The van der Waals surface area contributed by atoms with E-state index in [9.17, 15) is 0 Å². The van der Waals surface area contributed by atoms with Crippen LogP contribution in [0.25, 0.3) is 27.7 Å². The van der Waals surface area contributed by atoms with Crippen molar-refractivity contribution in [3.05, 3.63) is 73.2 Å². The molecule has 1 aliphatic heterocycles. The Labute approximate surface area is 172 Å². The van der Waals surface area contributed by atoms with Crippen molar-refractivity contribution in [2.24, 2.45) is 0 Å². The van der Waals surface area contributed by atoms with Crippen LogP contribution in [0.1, 0.15) is 0 Å². The lowest BCUT2D eigenvalue weighted by molar-refractivity contribution is 0.174. The van der Waals surface area contributed by atoms with Crippen molar-refractivity contribution < 1.29 is 9.47 Å². The fourth-order valence-corrected chi connectivity index (χ4v) is 3.78. The number of benzene rings is 2. The predicted octanol–water partition coefficient (Wildman–Crippen LogP) is 4.44. The van der Waals surface area contributed by atoms with Crippen LogP contribution in [-0.2, 0) is 0 Å². The summed E-state index contributed by atoms with van der Waals surface area (Å²) in [7, 11) is 1.98. The maximum absolute atomic E-state index is 5.51. The van der Waals surface area contributed by atoms with E-state index in [4.69, 9.17) is 14.5 Å². The minimum absolute atomic E-state index is 0.255. The summed E-state index contributed by atoms with van der Waals surface area (Å²) >= 11 is 0. The van der Waals surface area contributed by atoms with Crippen molar-refractivity contribution in [1.29, 1.82) is 0 Å². The van der Waals surface area contributed by atoms with Gasteiger partial charge in [-0.05, 0) is 24.3 Å². The Bertz CT molecular complexity index is 1410. The minimum atomic E-state index is 0.255. The van der Waals surface area contributed by atoms with Crippen molar-refractivity contribution >= 4 is 28.1 Å². The van der Waals surface area contributed by atoms with Gasteiger partial charge in [0.25, 0.3) is 0 Å². The molecule has 0 N–H and O–H groups in total. The average Bonchev–Trinajstić information content (AvgIpc) is 3.44. The molecule has 0 radical (unpaired) electrons. The Morgan fingerprint density at radius 1 is 0.967 bits per heavy atom. The van der Waals surface area contributed by atoms with Gasteiger partial charge in [0.1, 0.15) is 5.82 Å². The van der Waals surface area contributed by atoms with Crippen molar-refractivity contribution in [2.45, 2.75) is 0 Å². The molecule has 0 spiro atoms. The number of ether oxygens (including phenoxy) is 2. The van der Waals surface area contributed by atoms with Gasteiger partial charge >= 0.3 is 0 Å². The third kappa shape index (κ3) is 2.56. The van der Waals surface area contributed by atoms with Gasteiger partial charge in [0.05, 0.1) is 11.7 Å². The molecule has 7 heteroatoms. The smallest absolute Gasteiger partial charge is 0.231 e. The third-order valence-electron chi connectivity index (χ3n) is 5.36. The molecule has 0 saturated carbocycles. The Balaban J connectivity index is 1.47. The molecule has 0 aliphatic carbocycles. The zero-order chi connectivity index (χ0) is 20.1. The summed E-state index contributed by atoms with van der Waals surface area (Å²) in [6, 6.07) is 18.0. The van der Waals surface area contributed by atoms with Crippen molar-refractivity contribution in [2.75, 3.05) is 18.7 Å². The Morgan fingerprint density at radius 2 is 1.87 bits per heavy atom. The van der Waals surface area contributed by atoms with Gasteiger partial charge in [0.15, 0.2) is 17.1 Å². The molecular formula is C23H17N5O2. The van der Waals surface area contributed by atoms with Gasteiger partial charge in [-0.25, -0.2) is 9.50 Å². The van der Waals surface area contributed by atoms with Crippen LogP contribution >= 0.6 is 0 Å². The molecule has 0 amide bonds. The van der Waals surface area contributed by atoms with Crippen molar-refractivity contribution in [3.63, 3.8) is 0 Å². The molecule has 0 bridgehead atoms. The van der Waals surface area contributed by atoms with Crippen LogP contribution in [0, 0.1) is 0 Å². The SMILES string of the molecule is CN(c1ccc2c(c1)OCO2)c1ccn2ncc(-c3cccc4cccnc34)c2n1. The fraction of sp³-hybridized carbons (Fsp3) is 0.0870. The largest absolute Gasteiger partial charge is 0.454 e. The van der Waals surface area contributed by atoms with Gasteiger partial charge in [-0.3, -0.25) is 4.98 Å². The van der Waals surface area contributed by atoms with Crippen LogP contribution in [0.3, 0.4) is 0 Å². The van der Waals surface area contributed by atoms with Gasteiger partial charge in [-0.2, -0.15) is 5.10 Å². The van der Waals surface area contributed by atoms with E-state index >= 15 is 0 Å². The Hall–Kier alpha value is -4.13. The molecule has 7 nitrogen and oxygen atoms in total. The number of nitrogens with zero attached hydrogens (tertiary/aromatic N) is 5. The van der Waals surface area contributed by atoms with Gasteiger partial charge in [0, 0.05) is 47.7 Å². The van der Waals surface area contributed by atoms with Gasteiger partial charge in [-0.1, -0.05) is 24.3 Å². The number of para-hydroxylation sites is 1. The number of fused-ring (bicyclic) bond motifs is 3. The van der Waals surface area contributed by atoms with Crippen LogP contribution < -0.4 is 14.4 Å². The average molecular weight is 395 g/mol. The van der Waals surface area contributed by atoms with Crippen LogP contribution in [0.15, 0.2) is 73.2 Å². The molecule has 0 fully saturated rings. The maximum Gasteiger partial charge on any atom is 0.231 e. The molecule has 146 valence electrons. The minimum Gasteiger partial charge on any atom is -0.454 e. The Kier molecular flexibility index (Phi) is 3.61. The number of anilines is 2. The zero-order valence-corrected chi connectivity index (χ0v) is 16.2. The molecule has 30 heavy (non-hydrogen) atoms. The van der Waals surface area contributed by atoms with E-state index < -0.39 is 0 Å². The van der Waals surface area contributed by atoms with Crippen LogP contribution in [0.5, 0.6) is 11.5 Å². The molecule has 2 aromatic carbocycles. The summed E-state index contributed by atoms with van der Waals surface area (Å²) in [6.45, 7) is 0.255. The molecule has 0 unspecified atom stereocenters. The molecule has 1 aliphatic rings. The normalized spacial score (nSPS) is 12.6. The highest BCUT2D eigenvalue weighted by molar-refractivity contribution is 5.97. The zero-order valence-electron chi connectivity index (χ0n) is 16.2. The predicted molar refractivity (Wildman–Crippen MR) is 114 cm³/mol. The molecular weight excluding hydrogens is 378 g/mol. The lowest BCUT2D eigenvalue weighted by atomic mass is 10.0. The highest BCUT2D eigenvalue weighted by atomic mass is 16.7. The first-order valence-electron chi connectivity index (χ1n) is 9.60. The van der Waals surface area contributed by atoms with Gasteiger partial charge < -0.3 is 14.4 Å². The second kappa shape index (κ2) is 6.45. The molecule has 0 atom stereocenters. The fourth-order valence-electron chi connectivity index (χ4n) is 3.78. The van der Waals surface area contributed by atoms with Crippen molar-refractivity contribution in [1.82, 2.24) is 19.6 Å². The summed E-state index contributed by atoms with van der Waals surface area (Å²) in [5, 5.41) is 5.58. The lowest BCUT2D eigenvalue weighted by Gasteiger charge is -2.19.